The van der Waals surface area contributed by atoms with Gasteiger partial charge in [0.15, 0.2) is 6.29 Å². The van der Waals surface area contributed by atoms with E-state index >= 15 is 0 Å². The molecule has 0 aromatic heterocycles. The van der Waals surface area contributed by atoms with Crippen LogP contribution in [0.25, 0.3) is 0 Å². The highest BCUT2D eigenvalue weighted by atomic mass is 28.3. The maximum atomic E-state index is 13.4. The van der Waals surface area contributed by atoms with Crippen LogP contribution in [0.2, 0.25) is 0 Å². The Morgan fingerprint density at radius 2 is 1.53 bits per heavy atom. The van der Waals surface area contributed by atoms with Gasteiger partial charge < -0.3 is 13.9 Å². The topological polar surface area (TPSA) is 44.8 Å². The second-order valence-electron chi connectivity index (χ2n) is 14.3. The summed E-state index contributed by atoms with van der Waals surface area (Å²) in [6.07, 6.45) is 7.12. The Morgan fingerprint density at radius 1 is 0.907 bits per heavy atom. The van der Waals surface area contributed by atoms with E-state index in [1.165, 1.54) is 15.9 Å². The van der Waals surface area contributed by atoms with Crippen molar-refractivity contribution >= 4 is 25.2 Å². The van der Waals surface area contributed by atoms with Gasteiger partial charge in [0, 0.05) is 25.4 Å². The van der Waals surface area contributed by atoms with E-state index in [-0.39, 0.29) is 41.2 Å². The first-order valence-electron chi connectivity index (χ1n) is 16.4. The van der Waals surface area contributed by atoms with Crippen LogP contribution in [-0.4, -0.2) is 39.9 Å². The molecule has 4 nitrogen and oxygen atoms in total. The van der Waals surface area contributed by atoms with Crippen LogP contribution in [0.1, 0.15) is 71.3 Å². The maximum Gasteiger partial charge on any atom is 0.240 e. The molecule has 5 heteroatoms. The van der Waals surface area contributed by atoms with Gasteiger partial charge in [0.2, 0.25) is 9.04 Å². The number of fused-ring (bicyclic) bond motifs is 1. The summed E-state index contributed by atoms with van der Waals surface area (Å²) < 4.78 is 20.7. The summed E-state index contributed by atoms with van der Waals surface area (Å²) in [4.78, 5) is 13.4. The molecule has 1 saturated heterocycles. The van der Waals surface area contributed by atoms with Crippen LogP contribution in [0.3, 0.4) is 0 Å². The third-order valence-electron chi connectivity index (χ3n) is 10.2. The molecule has 3 aliphatic rings. The predicted octanol–water partition coefficient (Wildman–Crippen LogP) is 6.49. The first-order chi connectivity index (χ1) is 20.8. The summed E-state index contributed by atoms with van der Waals surface area (Å²) >= 11 is 0. The Morgan fingerprint density at radius 3 is 2.12 bits per heavy atom. The fourth-order valence-corrected chi connectivity index (χ4v) is 10.9. The molecule has 0 bridgehead atoms. The van der Waals surface area contributed by atoms with Gasteiger partial charge in [0.1, 0.15) is 5.78 Å². The second kappa shape index (κ2) is 13.2. The monoisotopic (exact) mass is 596 g/mol. The normalized spacial score (nSPS) is 28.2. The third-order valence-corrected chi connectivity index (χ3v) is 12.7. The van der Waals surface area contributed by atoms with Crippen molar-refractivity contribution in [3.8, 4) is 0 Å². The number of hydrogen-bond acceptors (Lipinski definition) is 4. The van der Waals surface area contributed by atoms with Crippen LogP contribution in [0.15, 0.2) is 91.0 Å². The van der Waals surface area contributed by atoms with Crippen molar-refractivity contribution in [2.45, 2.75) is 90.6 Å². The largest absolute Gasteiger partial charge is 0.407 e. The molecule has 0 radical (unpaired) electrons. The number of hydrogen-bond donors (Lipinski definition) is 0. The minimum absolute atomic E-state index is 0.00222. The molecule has 3 aromatic rings. The van der Waals surface area contributed by atoms with Gasteiger partial charge in [-0.3, -0.25) is 4.79 Å². The molecule has 3 fully saturated rings. The minimum Gasteiger partial charge on any atom is -0.407 e. The van der Waals surface area contributed by atoms with Crippen LogP contribution in [0.4, 0.5) is 0 Å². The molecule has 3 aromatic carbocycles. The van der Waals surface area contributed by atoms with Gasteiger partial charge >= 0.3 is 0 Å². The molecule has 43 heavy (non-hydrogen) atoms. The summed E-state index contributed by atoms with van der Waals surface area (Å²) in [7, 11) is -2.05. The fourth-order valence-electron chi connectivity index (χ4n) is 8.22. The Hall–Kier alpha value is -2.57. The van der Waals surface area contributed by atoms with Gasteiger partial charge in [-0.15, -0.1) is 0 Å². The lowest BCUT2D eigenvalue weighted by Crippen LogP contribution is -2.54. The molecule has 0 amide bonds. The number of Topliss-reactive ketones (excluding diaryl/α,β-unsaturated/α-hetero) is 1. The number of carbonyl (C=O) groups excluding carboxylic acids is 1. The van der Waals surface area contributed by atoms with Gasteiger partial charge in [-0.2, -0.15) is 0 Å². The molecule has 6 rings (SSSR count). The zero-order valence-electron chi connectivity index (χ0n) is 26.1. The highest BCUT2D eigenvalue weighted by Crippen LogP contribution is 2.61. The van der Waals surface area contributed by atoms with Gasteiger partial charge in [0.05, 0.1) is 12.2 Å². The van der Waals surface area contributed by atoms with Crippen molar-refractivity contribution in [1.29, 1.82) is 0 Å². The van der Waals surface area contributed by atoms with E-state index in [1.54, 1.807) is 0 Å². The highest BCUT2D eigenvalue weighted by Gasteiger charge is 2.62. The van der Waals surface area contributed by atoms with Crippen LogP contribution in [0.5, 0.6) is 0 Å². The Bertz CT molecular complexity index is 1280. The molecule has 2 saturated carbocycles. The number of ether oxygens (including phenoxy) is 2. The van der Waals surface area contributed by atoms with E-state index in [0.29, 0.717) is 18.6 Å². The summed E-state index contributed by atoms with van der Waals surface area (Å²) in [5.74, 6) is 0.765. The molecule has 0 N–H and O–H groups in total. The van der Waals surface area contributed by atoms with E-state index in [2.05, 4.69) is 112 Å². The lowest BCUT2D eigenvalue weighted by Gasteiger charge is -2.43. The number of ketones is 1. The van der Waals surface area contributed by atoms with Gasteiger partial charge in [0.25, 0.3) is 0 Å². The Balaban J connectivity index is 1.38. The smallest absolute Gasteiger partial charge is 0.240 e. The van der Waals surface area contributed by atoms with Crippen LogP contribution in [-0.2, 0) is 25.1 Å². The zero-order valence-corrected chi connectivity index (χ0v) is 27.3. The van der Waals surface area contributed by atoms with Crippen LogP contribution >= 0.6 is 0 Å². The van der Waals surface area contributed by atoms with Crippen molar-refractivity contribution in [3.63, 3.8) is 0 Å². The van der Waals surface area contributed by atoms with Crippen molar-refractivity contribution in [3.05, 3.63) is 96.6 Å². The Labute approximate surface area is 259 Å². The number of rotatable bonds is 10. The molecule has 2 unspecified atom stereocenters. The van der Waals surface area contributed by atoms with E-state index in [1.807, 2.05) is 0 Å². The lowest BCUT2D eigenvalue weighted by atomic mass is 9.70. The van der Waals surface area contributed by atoms with Gasteiger partial charge in [-0.05, 0) is 71.2 Å². The van der Waals surface area contributed by atoms with Crippen molar-refractivity contribution in [2.75, 3.05) is 6.61 Å². The number of benzene rings is 3. The molecule has 6 atom stereocenters. The van der Waals surface area contributed by atoms with Gasteiger partial charge in [-0.1, -0.05) is 112 Å². The molecule has 0 spiro atoms. The summed E-state index contributed by atoms with van der Waals surface area (Å²) in [5.41, 5.74) is 1.13. The van der Waals surface area contributed by atoms with Crippen molar-refractivity contribution in [2.24, 2.45) is 22.7 Å². The molecular weight excluding hydrogens is 549 g/mol. The fraction of sp³-hybridized carbons (Fsp3) is 0.500. The summed E-state index contributed by atoms with van der Waals surface area (Å²) in [6.45, 7) is 7.70. The third kappa shape index (κ3) is 6.91. The second-order valence-corrected chi connectivity index (χ2v) is 16.6. The van der Waals surface area contributed by atoms with E-state index in [9.17, 15) is 4.79 Å². The van der Waals surface area contributed by atoms with Crippen LogP contribution in [0, 0.1) is 22.7 Å². The Kier molecular flexibility index (Phi) is 9.34. The molecule has 1 aliphatic heterocycles. The number of aryl methyl sites for hydroxylation is 1. The maximum absolute atomic E-state index is 13.4. The van der Waals surface area contributed by atoms with E-state index < -0.39 is 9.04 Å². The standard InChI is InChI=1S/C38H48O4Si/c1-37(2,3)36(42-43(30-17-9-5-10-18-30)31-19-11-6-12-20-31)35-32-25-29(39)26-38(32,23-22-28-15-7-4-8-16-28)27-33(35)41-34-21-13-14-24-40-34/h4-12,15-20,32-36,43H,13-14,21-27H2,1-3H3/t32-,33-,34?,35+,36?,38+/m1/s1. The molecule has 1 heterocycles. The highest BCUT2D eigenvalue weighted by molar-refractivity contribution is 6.80. The van der Waals surface area contributed by atoms with Crippen molar-refractivity contribution < 1.29 is 18.7 Å². The summed E-state index contributed by atoms with van der Waals surface area (Å²) in [5, 5.41) is 2.57. The molecule has 2 aliphatic carbocycles. The first kappa shape index (κ1) is 30.5. The van der Waals surface area contributed by atoms with E-state index in [0.717, 1.165) is 45.1 Å². The lowest BCUT2D eigenvalue weighted by molar-refractivity contribution is -0.205. The minimum atomic E-state index is -2.05. The average molecular weight is 597 g/mol. The first-order valence-corrected chi connectivity index (χ1v) is 18.0. The quantitative estimate of drug-likeness (QED) is 0.251. The zero-order chi connectivity index (χ0) is 29.9. The van der Waals surface area contributed by atoms with Crippen LogP contribution < -0.4 is 10.4 Å². The van der Waals surface area contributed by atoms with E-state index in [4.69, 9.17) is 13.9 Å². The van der Waals surface area contributed by atoms with Gasteiger partial charge in [-0.25, -0.2) is 0 Å². The van der Waals surface area contributed by atoms with Crippen molar-refractivity contribution in [1.82, 2.24) is 0 Å². The summed E-state index contributed by atoms with van der Waals surface area (Å²) in [6, 6.07) is 32.3. The SMILES string of the molecule is CC(C)(C)C(O[SiH](c1ccccc1)c1ccccc1)[C@H]1[C@H]2CC(=O)C[C@@]2(CCc2ccccc2)C[C@H]1OC1CCCCO1. The average Bonchev–Trinajstić information content (AvgIpc) is 3.48. The molecule has 228 valence electrons. The molecular formula is C38H48O4Si. The number of carbonyl (C=O) groups is 1. The predicted molar refractivity (Wildman–Crippen MR) is 175 cm³/mol.